The molecule has 0 aliphatic carbocycles. The molecule has 0 N–H and O–H groups in total. The lowest BCUT2D eigenvalue weighted by Gasteiger charge is -2.16. The summed E-state index contributed by atoms with van der Waals surface area (Å²) >= 11 is 0. The average Bonchev–Trinajstić information content (AvgIpc) is 3.72. The van der Waals surface area contributed by atoms with Crippen molar-refractivity contribution in [3.8, 4) is 78.6 Å². The van der Waals surface area contributed by atoms with E-state index in [0.29, 0.717) is 11.6 Å². The van der Waals surface area contributed by atoms with Crippen molar-refractivity contribution in [2.75, 3.05) is 0 Å². The number of aromatic nitrogens is 3. The molecule has 0 saturated heterocycles. The number of rotatable bonds is 7. The molecule has 0 radical (unpaired) electrons. The van der Waals surface area contributed by atoms with Gasteiger partial charge in [0.15, 0.2) is 5.58 Å². The number of para-hydroxylation sites is 1. The Morgan fingerprint density at radius 2 is 1.00 bits per heavy atom. The molecule has 258 valence electrons. The molecule has 10 rings (SSSR count). The maximum Gasteiger partial charge on any atom is 0.246 e. The first kappa shape index (κ1) is 32.2. The van der Waals surface area contributed by atoms with E-state index < -0.39 is 0 Å². The van der Waals surface area contributed by atoms with Crippen LogP contribution in [0.2, 0.25) is 0 Å². The summed E-state index contributed by atoms with van der Waals surface area (Å²) in [5, 5.41) is 2.38. The number of hydrogen-bond donors (Lipinski definition) is 0. The van der Waals surface area contributed by atoms with Gasteiger partial charge >= 0.3 is 0 Å². The van der Waals surface area contributed by atoms with Crippen LogP contribution in [0.3, 0.4) is 0 Å². The zero-order valence-corrected chi connectivity index (χ0v) is 29.8. The average molecular weight is 704 g/mol. The molecule has 0 fully saturated rings. The predicted molar refractivity (Wildman–Crippen MR) is 225 cm³/mol. The fourth-order valence-corrected chi connectivity index (χ4v) is 7.52. The Bertz CT molecular complexity index is 2910. The van der Waals surface area contributed by atoms with Gasteiger partial charge in [-0.25, -0.2) is 9.97 Å². The second kappa shape index (κ2) is 13.8. The van der Waals surface area contributed by atoms with Crippen LogP contribution in [0, 0.1) is 0 Å². The van der Waals surface area contributed by atoms with Gasteiger partial charge in [-0.3, -0.25) is 4.98 Å². The zero-order chi connectivity index (χ0) is 36.6. The summed E-state index contributed by atoms with van der Waals surface area (Å²) in [5.41, 5.74) is 15.1. The fraction of sp³-hybridized carbons (Fsp3) is 0. The Balaban J connectivity index is 1.12. The van der Waals surface area contributed by atoms with Crippen LogP contribution in [0.5, 0.6) is 0 Å². The van der Waals surface area contributed by atoms with Crippen LogP contribution in [-0.4, -0.2) is 15.0 Å². The standard InChI is InChI=1S/C51H33N3O/c1-3-14-34(15-4-1)41-32-47(36-17-5-2-6-18-36)53-48(33-41)39-21-12-22-40(31-39)49-42-23-8-7-16-35(42)27-28-43(49)37-19-11-20-38(30-37)44-24-13-26-45-50(44)55-51(54-45)46-25-9-10-29-52-46/h1-33H. The van der Waals surface area contributed by atoms with E-state index in [1.807, 2.05) is 36.4 Å². The number of benzene rings is 7. The van der Waals surface area contributed by atoms with Gasteiger partial charge in [0, 0.05) is 22.9 Å². The van der Waals surface area contributed by atoms with Crippen LogP contribution >= 0.6 is 0 Å². The summed E-state index contributed by atoms with van der Waals surface area (Å²) < 4.78 is 6.38. The second-order valence-electron chi connectivity index (χ2n) is 13.6. The first-order valence-electron chi connectivity index (χ1n) is 18.4. The fourth-order valence-electron chi connectivity index (χ4n) is 7.52. The van der Waals surface area contributed by atoms with E-state index in [-0.39, 0.29) is 0 Å². The molecular formula is C51H33N3O. The monoisotopic (exact) mass is 703 g/mol. The molecule has 0 bridgehead atoms. The van der Waals surface area contributed by atoms with Crippen LogP contribution in [0.4, 0.5) is 0 Å². The van der Waals surface area contributed by atoms with Gasteiger partial charge in [0.2, 0.25) is 5.89 Å². The molecule has 0 aliphatic rings. The number of oxazole rings is 1. The minimum atomic E-state index is 0.510. The van der Waals surface area contributed by atoms with Crippen molar-refractivity contribution in [1.29, 1.82) is 0 Å². The third-order valence-electron chi connectivity index (χ3n) is 10.2. The molecular weight excluding hydrogens is 671 g/mol. The number of nitrogens with zero attached hydrogens (tertiary/aromatic N) is 3. The van der Waals surface area contributed by atoms with E-state index >= 15 is 0 Å². The van der Waals surface area contributed by atoms with E-state index in [9.17, 15) is 0 Å². The molecule has 0 unspecified atom stereocenters. The van der Waals surface area contributed by atoms with Crippen LogP contribution < -0.4 is 0 Å². The molecule has 0 spiro atoms. The summed E-state index contributed by atoms with van der Waals surface area (Å²) in [6.07, 6.45) is 1.76. The Labute approximate surface area is 319 Å². The van der Waals surface area contributed by atoms with Crippen LogP contribution in [0.1, 0.15) is 0 Å². The quantitative estimate of drug-likeness (QED) is 0.166. The lowest BCUT2D eigenvalue weighted by molar-refractivity contribution is 0.617. The topological polar surface area (TPSA) is 51.8 Å². The van der Waals surface area contributed by atoms with E-state index in [4.69, 9.17) is 14.4 Å². The number of pyridine rings is 2. The maximum absolute atomic E-state index is 6.38. The summed E-state index contributed by atoms with van der Waals surface area (Å²) in [4.78, 5) is 14.5. The first-order valence-corrected chi connectivity index (χ1v) is 18.4. The van der Waals surface area contributed by atoms with Crippen LogP contribution in [-0.2, 0) is 0 Å². The van der Waals surface area contributed by atoms with Crippen molar-refractivity contribution in [2.24, 2.45) is 0 Å². The molecule has 0 atom stereocenters. The number of fused-ring (bicyclic) bond motifs is 2. The lowest BCUT2D eigenvalue weighted by atomic mass is 9.88. The Hall–Kier alpha value is -7.43. The zero-order valence-electron chi connectivity index (χ0n) is 29.8. The molecule has 0 saturated carbocycles. The van der Waals surface area contributed by atoms with E-state index in [0.717, 1.165) is 72.6 Å². The lowest BCUT2D eigenvalue weighted by Crippen LogP contribution is -1.93. The highest BCUT2D eigenvalue weighted by Gasteiger charge is 2.17. The summed E-state index contributed by atoms with van der Waals surface area (Å²) in [6.45, 7) is 0. The molecule has 4 heteroatoms. The smallest absolute Gasteiger partial charge is 0.246 e. The van der Waals surface area contributed by atoms with Gasteiger partial charge in [-0.2, -0.15) is 0 Å². The Kier molecular flexibility index (Phi) is 8.12. The maximum atomic E-state index is 6.38. The Morgan fingerprint density at radius 1 is 0.364 bits per heavy atom. The minimum absolute atomic E-state index is 0.510. The first-order chi connectivity index (χ1) is 27.2. The molecule has 3 aromatic heterocycles. The van der Waals surface area contributed by atoms with Crippen molar-refractivity contribution >= 4 is 21.9 Å². The van der Waals surface area contributed by atoms with Crippen molar-refractivity contribution in [3.05, 3.63) is 200 Å². The van der Waals surface area contributed by atoms with Crippen molar-refractivity contribution in [3.63, 3.8) is 0 Å². The third-order valence-corrected chi connectivity index (χ3v) is 10.2. The van der Waals surface area contributed by atoms with Crippen molar-refractivity contribution in [2.45, 2.75) is 0 Å². The highest BCUT2D eigenvalue weighted by atomic mass is 16.3. The highest BCUT2D eigenvalue weighted by molar-refractivity contribution is 6.05. The molecule has 0 amide bonds. The molecule has 10 aromatic rings. The van der Waals surface area contributed by atoms with Gasteiger partial charge in [0.25, 0.3) is 0 Å². The SMILES string of the molecule is c1ccc(-c2cc(-c3ccccc3)nc(-c3cccc(-c4c(-c5cccc(-c6cccc7nc(-c8ccccn8)oc67)c5)ccc5ccccc45)c3)c2)cc1. The predicted octanol–water partition coefficient (Wildman–Crippen LogP) is 13.4. The molecule has 3 heterocycles. The minimum Gasteiger partial charge on any atom is -0.434 e. The molecule has 4 nitrogen and oxygen atoms in total. The van der Waals surface area contributed by atoms with Gasteiger partial charge in [-0.15, -0.1) is 0 Å². The van der Waals surface area contributed by atoms with E-state index in [2.05, 4.69) is 163 Å². The summed E-state index contributed by atoms with van der Waals surface area (Å²) in [5.74, 6) is 0.510. The molecule has 55 heavy (non-hydrogen) atoms. The van der Waals surface area contributed by atoms with Crippen molar-refractivity contribution < 1.29 is 4.42 Å². The Morgan fingerprint density at radius 3 is 1.80 bits per heavy atom. The summed E-state index contributed by atoms with van der Waals surface area (Å²) in [7, 11) is 0. The normalized spacial score (nSPS) is 11.3. The van der Waals surface area contributed by atoms with E-state index in [1.54, 1.807) is 6.20 Å². The van der Waals surface area contributed by atoms with Gasteiger partial charge in [-0.1, -0.05) is 152 Å². The van der Waals surface area contributed by atoms with Crippen LogP contribution in [0.15, 0.2) is 205 Å². The third kappa shape index (κ3) is 6.16. The van der Waals surface area contributed by atoms with Gasteiger partial charge in [-0.05, 0) is 92.2 Å². The van der Waals surface area contributed by atoms with Gasteiger partial charge < -0.3 is 4.42 Å². The summed E-state index contributed by atoms with van der Waals surface area (Å²) in [6, 6.07) is 67.8. The highest BCUT2D eigenvalue weighted by Crippen LogP contribution is 2.42. The largest absolute Gasteiger partial charge is 0.434 e. The molecule has 7 aromatic carbocycles. The van der Waals surface area contributed by atoms with E-state index in [1.165, 1.54) is 16.3 Å². The number of hydrogen-bond acceptors (Lipinski definition) is 4. The van der Waals surface area contributed by atoms with Crippen LogP contribution in [0.25, 0.3) is 100 Å². The second-order valence-corrected chi connectivity index (χ2v) is 13.6. The van der Waals surface area contributed by atoms with Gasteiger partial charge in [0.05, 0.1) is 11.4 Å². The molecule has 0 aliphatic heterocycles. The van der Waals surface area contributed by atoms with Gasteiger partial charge in [0.1, 0.15) is 11.2 Å². The van der Waals surface area contributed by atoms with Crippen molar-refractivity contribution in [1.82, 2.24) is 15.0 Å².